The minimum atomic E-state index is 0.153. The summed E-state index contributed by atoms with van der Waals surface area (Å²) in [5.41, 5.74) is 4.40. The standard InChI is InChI=1S/C22H28ClN3OS/c1-15-13-16(2)20(19(23)14-15)25-22(28)24-17(3)21(18-7-5-4-6-8-18)26-9-11-27-12-10-26/h4-8,13-14,17,21H,9-12H2,1-3H3,(H2,24,25,28)/p+1/t17-,21+/m0/s1. The topological polar surface area (TPSA) is 37.7 Å². The number of nitrogens with one attached hydrogen (secondary N) is 3. The number of benzene rings is 2. The van der Waals surface area contributed by atoms with Gasteiger partial charge < -0.3 is 20.3 Å². The SMILES string of the molecule is Cc1cc(C)c(NC(=S)N[C@@H](C)[C@H](c2ccccc2)[NH+]2CCOCC2)c(Cl)c1. The molecule has 1 fully saturated rings. The van der Waals surface area contributed by atoms with Gasteiger partial charge in [0.25, 0.3) is 0 Å². The van der Waals surface area contributed by atoms with Crippen LogP contribution in [0.25, 0.3) is 0 Å². The molecular formula is C22H29ClN3OS+. The molecule has 0 bridgehead atoms. The second-order valence-corrected chi connectivity index (χ2v) is 8.30. The molecule has 150 valence electrons. The largest absolute Gasteiger partial charge is 0.370 e. The highest BCUT2D eigenvalue weighted by Gasteiger charge is 2.31. The molecule has 0 amide bonds. The molecule has 0 unspecified atom stereocenters. The van der Waals surface area contributed by atoms with Gasteiger partial charge in [-0.2, -0.15) is 0 Å². The Morgan fingerprint density at radius 2 is 1.82 bits per heavy atom. The third-order valence-corrected chi connectivity index (χ3v) is 5.78. The van der Waals surface area contributed by atoms with Crippen LogP contribution in [0.5, 0.6) is 0 Å². The predicted octanol–water partition coefficient (Wildman–Crippen LogP) is 3.29. The number of halogens is 1. The van der Waals surface area contributed by atoms with E-state index in [0.29, 0.717) is 16.2 Å². The van der Waals surface area contributed by atoms with Gasteiger partial charge in [0.2, 0.25) is 0 Å². The summed E-state index contributed by atoms with van der Waals surface area (Å²) in [6.45, 7) is 9.86. The third-order valence-electron chi connectivity index (χ3n) is 5.26. The quantitative estimate of drug-likeness (QED) is 0.651. The van der Waals surface area contributed by atoms with Crippen molar-refractivity contribution in [2.24, 2.45) is 0 Å². The first-order chi connectivity index (χ1) is 13.5. The van der Waals surface area contributed by atoms with Crippen molar-refractivity contribution in [3.8, 4) is 0 Å². The summed E-state index contributed by atoms with van der Waals surface area (Å²) < 4.78 is 5.57. The summed E-state index contributed by atoms with van der Waals surface area (Å²) in [4.78, 5) is 1.52. The van der Waals surface area contributed by atoms with E-state index < -0.39 is 0 Å². The molecule has 3 rings (SSSR count). The van der Waals surface area contributed by atoms with Crippen LogP contribution < -0.4 is 15.5 Å². The minimum absolute atomic E-state index is 0.153. The highest BCUT2D eigenvalue weighted by molar-refractivity contribution is 7.80. The molecule has 0 aromatic heterocycles. The van der Waals surface area contributed by atoms with Gasteiger partial charge in [-0.1, -0.05) is 48.0 Å². The van der Waals surface area contributed by atoms with Crippen molar-refractivity contribution in [1.29, 1.82) is 0 Å². The van der Waals surface area contributed by atoms with E-state index in [1.807, 2.05) is 19.9 Å². The van der Waals surface area contributed by atoms with E-state index >= 15 is 0 Å². The van der Waals surface area contributed by atoms with Crippen LogP contribution in [0.4, 0.5) is 5.69 Å². The molecular weight excluding hydrogens is 390 g/mol. The number of aryl methyl sites for hydroxylation is 2. The van der Waals surface area contributed by atoms with Gasteiger partial charge in [-0.05, 0) is 50.2 Å². The fourth-order valence-corrected chi connectivity index (χ4v) is 4.65. The molecule has 1 heterocycles. The molecule has 1 saturated heterocycles. The molecule has 3 N–H and O–H groups in total. The fraction of sp³-hybridized carbons (Fsp3) is 0.409. The van der Waals surface area contributed by atoms with Crippen LogP contribution >= 0.6 is 23.8 Å². The van der Waals surface area contributed by atoms with Gasteiger partial charge in [0.15, 0.2) is 5.11 Å². The van der Waals surface area contributed by atoms with Gasteiger partial charge >= 0.3 is 0 Å². The summed E-state index contributed by atoms with van der Waals surface area (Å²) in [7, 11) is 0. The Balaban J connectivity index is 1.74. The van der Waals surface area contributed by atoms with Crippen LogP contribution in [0.15, 0.2) is 42.5 Å². The van der Waals surface area contributed by atoms with E-state index in [2.05, 4.69) is 54.0 Å². The van der Waals surface area contributed by atoms with Gasteiger partial charge in [0, 0.05) is 5.56 Å². The van der Waals surface area contributed by atoms with Gasteiger partial charge in [-0.3, -0.25) is 0 Å². The molecule has 0 radical (unpaired) electrons. The van der Waals surface area contributed by atoms with Crippen LogP contribution in [0.1, 0.15) is 29.7 Å². The average molecular weight is 419 g/mol. The third kappa shape index (κ3) is 5.23. The van der Waals surface area contributed by atoms with E-state index in [0.717, 1.165) is 43.1 Å². The van der Waals surface area contributed by atoms with Crippen molar-refractivity contribution in [2.75, 3.05) is 31.6 Å². The minimum Gasteiger partial charge on any atom is -0.370 e. The fourth-order valence-electron chi connectivity index (χ4n) is 4.00. The van der Waals surface area contributed by atoms with Crippen LogP contribution in [0.2, 0.25) is 5.02 Å². The van der Waals surface area contributed by atoms with Crippen molar-refractivity contribution in [3.63, 3.8) is 0 Å². The molecule has 1 aliphatic rings. The maximum absolute atomic E-state index is 6.43. The normalized spacial score (nSPS) is 17.0. The lowest BCUT2D eigenvalue weighted by molar-refractivity contribution is -0.940. The van der Waals surface area contributed by atoms with E-state index in [1.165, 1.54) is 10.5 Å². The molecule has 2 aromatic carbocycles. The van der Waals surface area contributed by atoms with Crippen molar-refractivity contribution in [1.82, 2.24) is 5.32 Å². The molecule has 2 aromatic rings. The molecule has 2 atom stereocenters. The second-order valence-electron chi connectivity index (χ2n) is 7.48. The summed E-state index contributed by atoms with van der Waals surface area (Å²) in [6, 6.07) is 15.1. The number of hydrogen-bond donors (Lipinski definition) is 3. The number of rotatable bonds is 5. The first kappa shape index (κ1) is 21.1. The molecule has 1 aliphatic heterocycles. The number of quaternary nitrogens is 1. The Labute approximate surface area is 178 Å². The lowest BCUT2D eigenvalue weighted by Crippen LogP contribution is -3.15. The zero-order valence-corrected chi connectivity index (χ0v) is 18.3. The molecule has 0 spiro atoms. The Morgan fingerprint density at radius 3 is 2.46 bits per heavy atom. The Morgan fingerprint density at radius 1 is 1.14 bits per heavy atom. The highest BCUT2D eigenvalue weighted by atomic mass is 35.5. The van der Waals surface area contributed by atoms with Crippen molar-refractivity contribution in [2.45, 2.75) is 32.9 Å². The Kier molecular flexibility index (Phi) is 7.30. The lowest BCUT2D eigenvalue weighted by atomic mass is 9.98. The maximum Gasteiger partial charge on any atom is 0.171 e. The Hall–Kier alpha value is -1.66. The van der Waals surface area contributed by atoms with Gasteiger partial charge in [-0.15, -0.1) is 0 Å². The van der Waals surface area contributed by atoms with Crippen LogP contribution in [0, 0.1) is 13.8 Å². The molecule has 28 heavy (non-hydrogen) atoms. The van der Waals surface area contributed by atoms with Crippen LogP contribution in [0.3, 0.4) is 0 Å². The number of ether oxygens (including phenoxy) is 1. The summed E-state index contributed by atoms with van der Waals surface area (Å²) in [6.07, 6.45) is 0. The van der Waals surface area contributed by atoms with Gasteiger partial charge in [0.05, 0.1) is 30.0 Å². The van der Waals surface area contributed by atoms with Gasteiger partial charge in [-0.25, -0.2) is 0 Å². The summed E-state index contributed by atoms with van der Waals surface area (Å²) in [5.74, 6) is 0. The molecule has 4 nitrogen and oxygen atoms in total. The zero-order chi connectivity index (χ0) is 20.1. The van der Waals surface area contributed by atoms with Crippen molar-refractivity contribution in [3.05, 3.63) is 64.2 Å². The second kappa shape index (κ2) is 9.70. The van der Waals surface area contributed by atoms with Gasteiger partial charge in [0.1, 0.15) is 19.1 Å². The van der Waals surface area contributed by atoms with Crippen molar-refractivity contribution < 1.29 is 9.64 Å². The Bertz CT molecular complexity index is 786. The van der Waals surface area contributed by atoms with E-state index in [-0.39, 0.29) is 6.04 Å². The number of anilines is 1. The number of thiocarbonyl (C=S) groups is 1. The zero-order valence-electron chi connectivity index (χ0n) is 16.7. The predicted molar refractivity (Wildman–Crippen MR) is 120 cm³/mol. The molecule has 6 heteroatoms. The van der Waals surface area contributed by atoms with Crippen LogP contribution in [-0.4, -0.2) is 37.5 Å². The van der Waals surface area contributed by atoms with Crippen molar-refractivity contribution >= 4 is 34.6 Å². The van der Waals surface area contributed by atoms with E-state index in [1.54, 1.807) is 0 Å². The average Bonchev–Trinajstić information content (AvgIpc) is 2.66. The molecule has 0 aliphatic carbocycles. The van der Waals surface area contributed by atoms with E-state index in [9.17, 15) is 0 Å². The lowest BCUT2D eigenvalue weighted by Gasteiger charge is -2.36. The highest BCUT2D eigenvalue weighted by Crippen LogP contribution is 2.27. The molecule has 0 saturated carbocycles. The van der Waals surface area contributed by atoms with E-state index in [4.69, 9.17) is 28.6 Å². The monoisotopic (exact) mass is 418 g/mol. The first-order valence-electron chi connectivity index (χ1n) is 9.77. The first-order valence-corrected chi connectivity index (χ1v) is 10.6. The summed E-state index contributed by atoms with van der Waals surface area (Å²) in [5, 5.41) is 8.07. The number of morpholine rings is 1. The smallest absolute Gasteiger partial charge is 0.171 e. The van der Waals surface area contributed by atoms with Crippen LogP contribution in [-0.2, 0) is 4.74 Å². The number of hydrogen-bond acceptors (Lipinski definition) is 2. The summed E-state index contributed by atoms with van der Waals surface area (Å²) >= 11 is 12.0. The maximum atomic E-state index is 6.43.